The number of nitrogens with zero attached hydrogens (tertiary/aromatic N) is 1. The van der Waals surface area contributed by atoms with Crippen LogP contribution in [0.5, 0.6) is 0 Å². The third-order valence-corrected chi connectivity index (χ3v) is 2.63. The lowest BCUT2D eigenvalue weighted by atomic mass is 10.2. The summed E-state index contributed by atoms with van der Waals surface area (Å²) >= 11 is 0. The minimum absolute atomic E-state index is 0.275. The van der Waals surface area contributed by atoms with Gasteiger partial charge in [-0.3, -0.25) is 4.90 Å². The summed E-state index contributed by atoms with van der Waals surface area (Å²) in [5.41, 5.74) is 0. The average Bonchev–Trinajstić information content (AvgIpc) is 2.16. The lowest BCUT2D eigenvalue weighted by Gasteiger charge is -2.24. The van der Waals surface area contributed by atoms with E-state index in [-0.39, 0.29) is 6.23 Å². The van der Waals surface area contributed by atoms with Crippen molar-refractivity contribution in [2.75, 3.05) is 13.1 Å². The highest BCUT2D eigenvalue weighted by molar-refractivity contribution is 4.58. The highest BCUT2D eigenvalue weighted by Crippen LogP contribution is 2.05. The molecule has 0 aromatic heterocycles. The number of hydrogen-bond donors (Lipinski definition) is 1. The number of aliphatic hydroxyl groups is 1. The van der Waals surface area contributed by atoms with Crippen LogP contribution in [0.3, 0.4) is 0 Å². The molecule has 1 N–H and O–H groups in total. The van der Waals surface area contributed by atoms with Gasteiger partial charge in [-0.05, 0) is 19.8 Å². The van der Waals surface area contributed by atoms with Crippen LogP contribution in [0.2, 0.25) is 0 Å². The van der Waals surface area contributed by atoms with Gasteiger partial charge in [0, 0.05) is 13.1 Å². The van der Waals surface area contributed by atoms with E-state index in [0.717, 1.165) is 13.1 Å². The molecular formula is C12H27NO. The highest BCUT2D eigenvalue weighted by Gasteiger charge is 2.08. The zero-order chi connectivity index (χ0) is 10.8. The third kappa shape index (κ3) is 7.34. The van der Waals surface area contributed by atoms with Gasteiger partial charge in [0.15, 0.2) is 0 Å². The molecule has 0 rings (SSSR count). The number of hydrogen-bond acceptors (Lipinski definition) is 2. The maximum Gasteiger partial charge on any atom is 0.104 e. The monoisotopic (exact) mass is 201 g/mol. The summed E-state index contributed by atoms with van der Waals surface area (Å²) in [6.45, 7) is 8.38. The minimum Gasteiger partial charge on any atom is -0.379 e. The van der Waals surface area contributed by atoms with Crippen molar-refractivity contribution in [3.05, 3.63) is 0 Å². The van der Waals surface area contributed by atoms with E-state index in [0.29, 0.717) is 0 Å². The second-order valence-corrected chi connectivity index (χ2v) is 4.08. The van der Waals surface area contributed by atoms with E-state index in [4.69, 9.17) is 0 Å². The Labute approximate surface area is 89.3 Å². The fourth-order valence-electron chi connectivity index (χ4n) is 1.59. The first kappa shape index (κ1) is 13.9. The molecule has 0 aliphatic carbocycles. The first-order chi connectivity index (χ1) is 6.72. The molecule has 0 aromatic carbocycles. The van der Waals surface area contributed by atoms with E-state index in [1.807, 2.05) is 6.92 Å². The topological polar surface area (TPSA) is 23.5 Å². The van der Waals surface area contributed by atoms with E-state index >= 15 is 0 Å². The van der Waals surface area contributed by atoms with Crippen molar-refractivity contribution in [1.82, 2.24) is 4.90 Å². The summed E-state index contributed by atoms with van der Waals surface area (Å²) in [4.78, 5) is 2.18. The van der Waals surface area contributed by atoms with Gasteiger partial charge in [-0.25, -0.2) is 0 Å². The molecule has 0 spiro atoms. The largest absolute Gasteiger partial charge is 0.379 e. The molecule has 0 fully saturated rings. The van der Waals surface area contributed by atoms with Gasteiger partial charge < -0.3 is 5.11 Å². The van der Waals surface area contributed by atoms with Crippen LogP contribution in [-0.4, -0.2) is 29.3 Å². The van der Waals surface area contributed by atoms with Crippen molar-refractivity contribution in [1.29, 1.82) is 0 Å². The van der Waals surface area contributed by atoms with Crippen molar-refractivity contribution in [2.45, 2.75) is 65.5 Å². The standard InChI is InChI=1S/C12H27NO/c1-4-6-8-9-11-13(12(3)14)10-7-5-2/h12,14H,4-11H2,1-3H3. The molecule has 14 heavy (non-hydrogen) atoms. The number of unbranched alkanes of at least 4 members (excludes halogenated alkanes) is 4. The first-order valence-electron chi connectivity index (χ1n) is 6.14. The van der Waals surface area contributed by atoms with Crippen LogP contribution in [0.25, 0.3) is 0 Å². The molecule has 2 nitrogen and oxygen atoms in total. The molecular weight excluding hydrogens is 174 g/mol. The smallest absolute Gasteiger partial charge is 0.104 e. The summed E-state index contributed by atoms with van der Waals surface area (Å²) in [6.07, 6.45) is 7.25. The second kappa shape index (κ2) is 9.47. The van der Waals surface area contributed by atoms with E-state index in [1.54, 1.807) is 0 Å². The molecule has 0 aliphatic heterocycles. The van der Waals surface area contributed by atoms with E-state index in [9.17, 15) is 5.11 Å². The van der Waals surface area contributed by atoms with Gasteiger partial charge in [-0.2, -0.15) is 0 Å². The van der Waals surface area contributed by atoms with Crippen LogP contribution in [0.1, 0.15) is 59.3 Å². The minimum atomic E-state index is -0.275. The van der Waals surface area contributed by atoms with Gasteiger partial charge >= 0.3 is 0 Å². The first-order valence-corrected chi connectivity index (χ1v) is 6.14. The van der Waals surface area contributed by atoms with Gasteiger partial charge in [0.05, 0.1) is 0 Å². The van der Waals surface area contributed by atoms with Crippen LogP contribution in [0, 0.1) is 0 Å². The Hall–Kier alpha value is -0.0800. The Balaban J connectivity index is 3.52. The molecule has 0 amide bonds. The van der Waals surface area contributed by atoms with Crippen molar-refractivity contribution in [2.24, 2.45) is 0 Å². The molecule has 1 unspecified atom stereocenters. The SMILES string of the molecule is CCCCCCN(CCCC)C(C)O. The van der Waals surface area contributed by atoms with Gasteiger partial charge in [-0.1, -0.05) is 39.5 Å². The molecule has 1 atom stereocenters. The molecule has 0 saturated heterocycles. The molecule has 0 radical (unpaired) electrons. The van der Waals surface area contributed by atoms with Crippen LogP contribution >= 0.6 is 0 Å². The molecule has 2 heteroatoms. The predicted molar refractivity (Wildman–Crippen MR) is 62.3 cm³/mol. The summed E-state index contributed by atoms with van der Waals surface area (Å²) in [6, 6.07) is 0. The number of aliphatic hydroxyl groups excluding tert-OH is 1. The Morgan fingerprint density at radius 2 is 1.50 bits per heavy atom. The molecule has 86 valence electrons. The summed E-state index contributed by atoms with van der Waals surface area (Å²) in [5.74, 6) is 0. The molecule has 0 aliphatic rings. The Morgan fingerprint density at radius 1 is 0.929 bits per heavy atom. The highest BCUT2D eigenvalue weighted by atomic mass is 16.3. The normalized spacial score (nSPS) is 13.5. The Morgan fingerprint density at radius 3 is 2.00 bits per heavy atom. The summed E-state index contributed by atoms with van der Waals surface area (Å²) in [5, 5.41) is 9.52. The van der Waals surface area contributed by atoms with Crippen molar-refractivity contribution in [3.8, 4) is 0 Å². The maximum atomic E-state index is 9.52. The fraction of sp³-hybridized carbons (Fsp3) is 1.00. The van der Waals surface area contributed by atoms with E-state index < -0.39 is 0 Å². The maximum absolute atomic E-state index is 9.52. The summed E-state index contributed by atoms with van der Waals surface area (Å²) < 4.78 is 0. The Bertz CT molecular complexity index is 115. The average molecular weight is 201 g/mol. The van der Waals surface area contributed by atoms with Gasteiger partial charge in [-0.15, -0.1) is 0 Å². The van der Waals surface area contributed by atoms with Crippen molar-refractivity contribution < 1.29 is 5.11 Å². The number of rotatable bonds is 9. The molecule has 0 heterocycles. The van der Waals surface area contributed by atoms with Gasteiger partial charge in [0.1, 0.15) is 6.23 Å². The molecule has 0 bridgehead atoms. The lowest BCUT2D eigenvalue weighted by molar-refractivity contribution is 0.0166. The second-order valence-electron chi connectivity index (χ2n) is 4.08. The molecule has 0 aromatic rings. The zero-order valence-electron chi connectivity index (χ0n) is 10.1. The van der Waals surface area contributed by atoms with Gasteiger partial charge in [0.2, 0.25) is 0 Å². The molecule has 0 saturated carbocycles. The zero-order valence-corrected chi connectivity index (χ0v) is 10.1. The van der Waals surface area contributed by atoms with Crippen molar-refractivity contribution >= 4 is 0 Å². The van der Waals surface area contributed by atoms with E-state index in [2.05, 4.69) is 18.7 Å². The van der Waals surface area contributed by atoms with Crippen LogP contribution in [0.4, 0.5) is 0 Å². The fourth-order valence-corrected chi connectivity index (χ4v) is 1.59. The van der Waals surface area contributed by atoms with Crippen molar-refractivity contribution in [3.63, 3.8) is 0 Å². The van der Waals surface area contributed by atoms with Crippen LogP contribution in [0.15, 0.2) is 0 Å². The summed E-state index contributed by atoms with van der Waals surface area (Å²) in [7, 11) is 0. The third-order valence-electron chi connectivity index (χ3n) is 2.63. The predicted octanol–water partition coefficient (Wildman–Crippen LogP) is 3.01. The Kier molecular flexibility index (Phi) is 9.42. The quantitative estimate of drug-likeness (QED) is 0.458. The van der Waals surface area contributed by atoms with E-state index in [1.165, 1.54) is 38.5 Å². The lowest BCUT2D eigenvalue weighted by Crippen LogP contribution is -2.34. The van der Waals surface area contributed by atoms with Gasteiger partial charge in [0.25, 0.3) is 0 Å². The van der Waals surface area contributed by atoms with Crippen LogP contribution < -0.4 is 0 Å². The van der Waals surface area contributed by atoms with Crippen LogP contribution in [-0.2, 0) is 0 Å².